The van der Waals surface area contributed by atoms with Crippen molar-refractivity contribution in [1.82, 2.24) is 19.8 Å². The Hall–Kier alpha value is -1.95. The summed E-state index contributed by atoms with van der Waals surface area (Å²) in [6, 6.07) is 6.98. The maximum Gasteiger partial charge on any atom is 0.235 e. The monoisotopic (exact) mass is 398 g/mol. The van der Waals surface area contributed by atoms with Gasteiger partial charge in [-0.25, -0.2) is 4.68 Å². The first-order valence-electron chi connectivity index (χ1n) is 7.29. The van der Waals surface area contributed by atoms with Gasteiger partial charge in [0.05, 0.1) is 22.8 Å². The van der Waals surface area contributed by atoms with Gasteiger partial charge in [0.1, 0.15) is 0 Å². The van der Waals surface area contributed by atoms with E-state index in [0.29, 0.717) is 33.1 Å². The van der Waals surface area contributed by atoms with Gasteiger partial charge in [-0.3, -0.25) is 4.79 Å². The van der Waals surface area contributed by atoms with Crippen LogP contribution in [-0.2, 0) is 4.79 Å². The van der Waals surface area contributed by atoms with Crippen LogP contribution < -0.4 is 5.84 Å². The maximum absolute atomic E-state index is 12.3. The molecule has 132 valence electrons. The van der Waals surface area contributed by atoms with Gasteiger partial charge >= 0.3 is 0 Å². The summed E-state index contributed by atoms with van der Waals surface area (Å²) in [6.07, 6.45) is 0.282. The molecule has 7 nitrogen and oxygen atoms in total. The average Bonchev–Trinajstić information content (AvgIpc) is 2.94. The zero-order valence-electron chi connectivity index (χ0n) is 13.6. The van der Waals surface area contributed by atoms with E-state index in [1.807, 2.05) is 6.07 Å². The van der Waals surface area contributed by atoms with Crippen LogP contribution >= 0.6 is 35.0 Å². The van der Waals surface area contributed by atoms with Crippen LogP contribution in [0.15, 0.2) is 23.4 Å². The molecule has 10 heteroatoms. The number of halogens is 2. The summed E-state index contributed by atoms with van der Waals surface area (Å²) in [4.78, 5) is 13.8. The summed E-state index contributed by atoms with van der Waals surface area (Å²) < 4.78 is 1.28. The largest absolute Gasteiger partial charge is 0.344 e. The van der Waals surface area contributed by atoms with Crippen LogP contribution in [0.2, 0.25) is 10.0 Å². The normalized spacial score (nSPS) is 11.8. The van der Waals surface area contributed by atoms with E-state index < -0.39 is 5.25 Å². The predicted octanol–water partition coefficient (Wildman–Crippen LogP) is 2.82. The minimum absolute atomic E-state index is 0.120. The Morgan fingerprint density at radius 1 is 1.48 bits per heavy atom. The molecule has 0 fully saturated rings. The number of amides is 1. The van der Waals surface area contributed by atoms with E-state index in [2.05, 4.69) is 10.2 Å². The van der Waals surface area contributed by atoms with Gasteiger partial charge in [0.15, 0.2) is 5.82 Å². The Morgan fingerprint density at radius 2 is 2.20 bits per heavy atom. The van der Waals surface area contributed by atoms with Gasteiger partial charge in [-0.1, -0.05) is 35.0 Å². The number of aromatic nitrogens is 3. The van der Waals surface area contributed by atoms with Crippen molar-refractivity contribution in [2.75, 3.05) is 19.4 Å². The highest BCUT2D eigenvalue weighted by Gasteiger charge is 2.23. The van der Waals surface area contributed by atoms with Crippen LogP contribution in [0.1, 0.15) is 13.3 Å². The lowest BCUT2D eigenvalue weighted by Gasteiger charge is -2.19. The molecule has 0 spiro atoms. The lowest BCUT2D eigenvalue weighted by Crippen LogP contribution is -2.34. The van der Waals surface area contributed by atoms with Gasteiger partial charge in [-0.2, -0.15) is 5.26 Å². The van der Waals surface area contributed by atoms with Gasteiger partial charge in [-0.05, 0) is 25.1 Å². The molecule has 2 aromatic rings. The summed E-state index contributed by atoms with van der Waals surface area (Å²) in [5.74, 6) is 6.29. The molecule has 0 saturated heterocycles. The molecule has 0 saturated carbocycles. The number of hydrogen-bond acceptors (Lipinski definition) is 6. The van der Waals surface area contributed by atoms with Crippen molar-refractivity contribution in [3.63, 3.8) is 0 Å². The molecule has 0 aliphatic carbocycles. The van der Waals surface area contributed by atoms with Gasteiger partial charge < -0.3 is 10.7 Å². The first kappa shape index (κ1) is 19.4. The van der Waals surface area contributed by atoms with Crippen molar-refractivity contribution < 1.29 is 4.79 Å². The number of rotatable bonds is 6. The summed E-state index contributed by atoms with van der Waals surface area (Å²) in [7, 11) is 1.65. The number of benzene rings is 1. The molecule has 0 bridgehead atoms. The number of carbonyl (C=O) groups is 1. The summed E-state index contributed by atoms with van der Waals surface area (Å²) in [5.41, 5.74) is 0.557. The minimum Gasteiger partial charge on any atom is -0.344 e. The molecule has 0 aliphatic rings. The van der Waals surface area contributed by atoms with Crippen molar-refractivity contribution >= 4 is 40.9 Å². The fourth-order valence-corrected chi connectivity index (χ4v) is 3.32. The quantitative estimate of drug-likeness (QED) is 0.592. The topological polar surface area (TPSA) is 101 Å². The molecule has 1 amide bonds. The van der Waals surface area contributed by atoms with E-state index in [1.54, 1.807) is 32.2 Å². The van der Waals surface area contributed by atoms with Crippen LogP contribution in [0, 0.1) is 11.3 Å². The van der Waals surface area contributed by atoms with E-state index in [0.717, 1.165) is 0 Å². The third-order valence-electron chi connectivity index (χ3n) is 3.40. The Morgan fingerprint density at radius 3 is 2.88 bits per heavy atom. The first-order chi connectivity index (χ1) is 11.8. The molecule has 0 aliphatic heterocycles. The van der Waals surface area contributed by atoms with Crippen molar-refractivity contribution in [2.24, 2.45) is 0 Å². The minimum atomic E-state index is -0.433. The van der Waals surface area contributed by atoms with Crippen molar-refractivity contribution in [2.45, 2.75) is 23.8 Å². The van der Waals surface area contributed by atoms with Gasteiger partial charge in [0.2, 0.25) is 11.1 Å². The molecule has 1 heterocycles. The van der Waals surface area contributed by atoms with Crippen molar-refractivity contribution in [3.05, 3.63) is 28.2 Å². The molecule has 1 aromatic carbocycles. The lowest BCUT2D eigenvalue weighted by molar-refractivity contribution is -0.128. The standard InChI is InChI=1S/C15H16Cl2N6OS/c1-9(14(24)22(2)7-3-6-18)25-15-21-20-13(23(15)19)11-8-10(16)4-5-12(11)17/h4-5,8-9H,3,7,19H2,1-2H3/t9-/m0/s1. The second-order valence-electron chi connectivity index (χ2n) is 5.23. The third kappa shape index (κ3) is 4.57. The zero-order valence-corrected chi connectivity index (χ0v) is 15.9. The third-order valence-corrected chi connectivity index (χ3v) is 5.01. The molecular weight excluding hydrogens is 383 g/mol. The number of nitrogens with zero attached hydrogens (tertiary/aromatic N) is 5. The van der Waals surface area contributed by atoms with Gasteiger partial charge in [-0.15, -0.1) is 10.2 Å². The second kappa shape index (κ2) is 8.43. The fourth-order valence-electron chi connectivity index (χ4n) is 2.06. The van der Waals surface area contributed by atoms with Crippen LogP contribution in [0.3, 0.4) is 0 Å². The highest BCUT2D eigenvalue weighted by atomic mass is 35.5. The summed E-state index contributed by atoms with van der Waals surface area (Å²) in [5, 5.41) is 17.6. The molecule has 25 heavy (non-hydrogen) atoms. The van der Waals surface area contributed by atoms with Crippen LogP contribution in [-0.4, -0.2) is 44.5 Å². The molecule has 2 N–H and O–H groups in total. The Bertz CT molecular complexity index is 819. The Labute approximate surface area is 159 Å². The van der Waals surface area contributed by atoms with Crippen molar-refractivity contribution in [1.29, 1.82) is 5.26 Å². The van der Waals surface area contributed by atoms with Crippen LogP contribution in [0.5, 0.6) is 0 Å². The van der Waals surface area contributed by atoms with Gasteiger partial charge in [0.25, 0.3) is 0 Å². The molecule has 0 radical (unpaired) electrons. The smallest absolute Gasteiger partial charge is 0.235 e. The lowest BCUT2D eigenvalue weighted by atomic mass is 10.2. The summed E-state index contributed by atoms with van der Waals surface area (Å²) in [6.45, 7) is 2.12. The van der Waals surface area contributed by atoms with E-state index in [1.165, 1.54) is 21.3 Å². The molecule has 1 aromatic heterocycles. The van der Waals surface area contributed by atoms with Gasteiger partial charge in [0, 0.05) is 24.2 Å². The Balaban J connectivity index is 2.17. The number of nitrogen functional groups attached to an aromatic ring is 1. The summed E-state index contributed by atoms with van der Waals surface area (Å²) >= 11 is 13.3. The second-order valence-corrected chi connectivity index (χ2v) is 7.38. The van der Waals surface area contributed by atoms with E-state index >= 15 is 0 Å². The van der Waals surface area contributed by atoms with Crippen LogP contribution in [0.25, 0.3) is 11.4 Å². The van der Waals surface area contributed by atoms with E-state index in [4.69, 9.17) is 34.3 Å². The fraction of sp³-hybridized carbons (Fsp3) is 0.333. The Kier molecular flexibility index (Phi) is 6.53. The molecule has 0 unspecified atom stereocenters. The van der Waals surface area contributed by atoms with E-state index in [9.17, 15) is 4.79 Å². The molecular formula is C15H16Cl2N6OS. The molecule has 1 atom stereocenters. The maximum atomic E-state index is 12.3. The number of nitrogens with two attached hydrogens (primary N) is 1. The van der Waals surface area contributed by atoms with Crippen LogP contribution in [0.4, 0.5) is 0 Å². The SMILES string of the molecule is C[C@H](Sc1nnc(-c2cc(Cl)ccc2Cl)n1N)C(=O)N(C)CCC#N. The zero-order chi connectivity index (χ0) is 18.6. The first-order valence-corrected chi connectivity index (χ1v) is 8.93. The highest BCUT2D eigenvalue weighted by Crippen LogP contribution is 2.31. The number of thioether (sulfide) groups is 1. The molecule has 2 rings (SSSR count). The predicted molar refractivity (Wildman–Crippen MR) is 98.8 cm³/mol. The number of hydrogen-bond donors (Lipinski definition) is 1. The van der Waals surface area contributed by atoms with E-state index in [-0.39, 0.29) is 12.3 Å². The number of nitriles is 1. The highest BCUT2D eigenvalue weighted by molar-refractivity contribution is 8.00. The van der Waals surface area contributed by atoms with Crippen molar-refractivity contribution in [3.8, 4) is 17.5 Å². The average molecular weight is 399 g/mol. The number of carbonyl (C=O) groups excluding carboxylic acids is 1.